The SMILES string of the molecule is NC(=S)c1ccc(OCc2ccc(F)c(Br)c2)cc1. The molecule has 2 aromatic rings. The van der Waals surface area contributed by atoms with Crippen molar-refractivity contribution in [1.29, 1.82) is 0 Å². The summed E-state index contributed by atoms with van der Waals surface area (Å²) >= 11 is 8.01. The number of halogens is 2. The van der Waals surface area contributed by atoms with Crippen LogP contribution in [0, 0.1) is 5.82 Å². The Morgan fingerprint density at radius 3 is 2.47 bits per heavy atom. The molecule has 2 rings (SSSR count). The number of nitrogens with two attached hydrogens (primary N) is 1. The smallest absolute Gasteiger partial charge is 0.137 e. The number of hydrogen-bond acceptors (Lipinski definition) is 2. The molecule has 0 amide bonds. The van der Waals surface area contributed by atoms with E-state index in [0.717, 1.165) is 11.1 Å². The number of hydrogen-bond donors (Lipinski definition) is 1. The largest absolute Gasteiger partial charge is 0.489 e. The van der Waals surface area contributed by atoms with Crippen LogP contribution in [0.4, 0.5) is 4.39 Å². The van der Waals surface area contributed by atoms with E-state index in [2.05, 4.69) is 15.9 Å². The first kappa shape index (κ1) is 14.0. The lowest BCUT2D eigenvalue weighted by atomic mass is 10.2. The van der Waals surface area contributed by atoms with E-state index in [1.165, 1.54) is 6.07 Å². The molecule has 0 fully saturated rings. The van der Waals surface area contributed by atoms with Crippen LogP contribution in [0.3, 0.4) is 0 Å². The predicted octanol–water partition coefficient (Wildman–Crippen LogP) is 3.80. The van der Waals surface area contributed by atoms with Gasteiger partial charge in [0.1, 0.15) is 23.2 Å². The summed E-state index contributed by atoms with van der Waals surface area (Å²) in [5.41, 5.74) is 7.19. The van der Waals surface area contributed by atoms with E-state index in [4.69, 9.17) is 22.7 Å². The monoisotopic (exact) mass is 339 g/mol. The van der Waals surface area contributed by atoms with Crippen molar-refractivity contribution in [2.45, 2.75) is 6.61 Å². The van der Waals surface area contributed by atoms with Crippen molar-refractivity contribution < 1.29 is 9.13 Å². The highest BCUT2D eigenvalue weighted by Gasteiger charge is 2.02. The first-order valence-corrected chi connectivity index (χ1v) is 6.73. The number of rotatable bonds is 4. The van der Waals surface area contributed by atoms with Crippen LogP contribution in [-0.4, -0.2) is 4.99 Å². The molecule has 19 heavy (non-hydrogen) atoms. The van der Waals surface area contributed by atoms with Gasteiger partial charge in [-0.3, -0.25) is 0 Å². The maximum Gasteiger partial charge on any atom is 0.137 e. The molecule has 0 saturated carbocycles. The molecule has 0 aliphatic heterocycles. The van der Waals surface area contributed by atoms with E-state index in [1.807, 2.05) is 0 Å². The zero-order valence-corrected chi connectivity index (χ0v) is 12.3. The average molecular weight is 340 g/mol. The lowest BCUT2D eigenvalue weighted by molar-refractivity contribution is 0.306. The molecule has 0 atom stereocenters. The van der Waals surface area contributed by atoms with Crippen molar-refractivity contribution in [3.63, 3.8) is 0 Å². The van der Waals surface area contributed by atoms with Crippen molar-refractivity contribution in [2.75, 3.05) is 0 Å². The molecule has 0 heterocycles. The van der Waals surface area contributed by atoms with Gasteiger partial charge in [-0.05, 0) is 57.9 Å². The molecule has 0 aromatic heterocycles. The molecule has 0 aliphatic rings. The summed E-state index contributed by atoms with van der Waals surface area (Å²) in [4.78, 5) is 0.356. The second-order valence-corrected chi connectivity index (χ2v) is 5.22. The fraction of sp³-hybridized carbons (Fsp3) is 0.0714. The Kier molecular flexibility index (Phi) is 4.50. The van der Waals surface area contributed by atoms with Gasteiger partial charge in [0.05, 0.1) is 4.47 Å². The third-order valence-corrected chi connectivity index (χ3v) is 3.37. The molecule has 0 spiro atoms. The normalized spacial score (nSPS) is 10.2. The second kappa shape index (κ2) is 6.12. The molecule has 2 N–H and O–H groups in total. The summed E-state index contributed by atoms with van der Waals surface area (Å²) in [5, 5.41) is 0. The molecule has 2 nitrogen and oxygen atoms in total. The highest BCUT2D eigenvalue weighted by molar-refractivity contribution is 9.10. The summed E-state index contributed by atoms with van der Waals surface area (Å²) < 4.78 is 19.1. The van der Waals surface area contributed by atoms with Gasteiger partial charge in [-0.25, -0.2) is 4.39 Å². The Morgan fingerprint density at radius 2 is 1.89 bits per heavy atom. The van der Waals surface area contributed by atoms with Gasteiger partial charge < -0.3 is 10.5 Å². The molecule has 2 aromatic carbocycles. The highest BCUT2D eigenvalue weighted by atomic mass is 79.9. The van der Waals surface area contributed by atoms with E-state index in [0.29, 0.717) is 21.8 Å². The summed E-state index contributed by atoms with van der Waals surface area (Å²) in [6.07, 6.45) is 0. The molecular weight excluding hydrogens is 329 g/mol. The van der Waals surface area contributed by atoms with Crippen LogP contribution in [0.2, 0.25) is 0 Å². The van der Waals surface area contributed by atoms with Gasteiger partial charge in [-0.15, -0.1) is 0 Å². The van der Waals surface area contributed by atoms with Crippen molar-refractivity contribution in [1.82, 2.24) is 0 Å². The van der Waals surface area contributed by atoms with Gasteiger partial charge in [0.15, 0.2) is 0 Å². The quantitative estimate of drug-likeness (QED) is 0.860. The summed E-state index contributed by atoms with van der Waals surface area (Å²) in [7, 11) is 0. The van der Waals surface area contributed by atoms with Crippen LogP contribution in [0.15, 0.2) is 46.9 Å². The second-order valence-electron chi connectivity index (χ2n) is 3.93. The predicted molar refractivity (Wildman–Crippen MR) is 80.8 cm³/mol. The first-order valence-electron chi connectivity index (χ1n) is 5.53. The summed E-state index contributed by atoms with van der Waals surface area (Å²) in [5.74, 6) is 0.421. The van der Waals surface area contributed by atoms with E-state index < -0.39 is 0 Å². The minimum absolute atomic E-state index is 0.287. The molecule has 98 valence electrons. The Labute approximate surface area is 124 Å². The lowest BCUT2D eigenvalue weighted by Crippen LogP contribution is -2.08. The van der Waals surface area contributed by atoms with E-state index in [-0.39, 0.29) is 5.82 Å². The van der Waals surface area contributed by atoms with Crippen LogP contribution in [0.25, 0.3) is 0 Å². The molecule has 0 bridgehead atoms. The van der Waals surface area contributed by atoms with Gasteiger partial charge in [-0.2, -0.15) is 0 Å². The van der Waals surface area contributed by atoms with Gasteiger partial charge in [0, 0.05) is 5.56 Å². The standard InChI is InChI=1S/C14H11BrFNOS/c15-12-7-9(1-6-13(12)16)8-18-11-4-2-10(3-5-11)14(17)19/h1-7H,8H2,(H2,17,19). The average Bonchev–Trinajstić information content (AvgIpc) is 2.40. The lowest BCUT2D eigenvalue weighted by Gasteiger charge is -2.07. The zero-order valence-electron chi connectivity index (χ0n) is 9.90. The molecule has 0 unspecified atom stereocenters. The van der Waals surface area contributed by atoms with Gasteiger partial charge in [-0.1, -0.05) is 18.3 Å². The molecule has 5 heteroatoms. The number of benzene rings is 2. The zero-order chi connectivity index (χ0) is 13.8. The fourth-order valence-corrected chi connectivity index (χ4v) is 2.07. The van der Waals surface area contributed by atoms with Crippen LogP contribution < -0.4 is 10.5 Å². The Morgan fingerprint density at radius 1 is 1.21 bits per heavy atom. The van der Waals surface area contributed by atoms with Crippen molar-refractivity contribution >= 4 is 33.1 Å². The van der Waals surface area contributed by atoms with E-state index in [9.17, 15) is 4.39 Å². The van der Waals surface area contributed by atoms with E-state index in [1.54, 1.807) is 36.4 Å². The molecular formula is C14H11BrFNOS. The minimum atomic E-state index is -0.287. The van der Waals surface area contributed by atoms with E-state index >= 15 is 0 Å². The van der Waals surface area contributed by atoms with Crippen molar-refractivity contribution in [3.8, 4) is 5.75 Å². The van der Waals surface area contributed by atoms with Crippen LogP contribution >= 0.6 is 28.1 Å². The van der Waals surface area contributed by atoms with Crippen LogP contribution in [-0.2, 0) is 6.61 Å². The van der Waals surface area contributed by atoms with Crippen molar-refractivity contribution in [3.05, 3.63) is 63.9 Å². The topological polar surface area (TPSA) is 35.2 Å². The van der Waals surface area contributed by atoms with Crippen molar-refractivity contribution in [2.24, 2.45) is 5.73 Å². The highest BCUT2D eigenvalue weighted by Crippen LogP contribution is 2.19. The molecule has 0 saturated heterocycles. The molecule has 0 radical (unpaired) electrons. The fourth-order valence-electron chi connectivity index (χ4n) is 1.51. The van der Waals surface area contributed by atoms with Crippen LogP contribution in [0.1, 0.15) is 11.1 Å². The van der Waals surface area contributed by atoms with Crippen LogP contribution in [0.5, 0.6) is 5.75 Å². The number of ether oxygens (including phenoxy) is 1. The van der Waals surface area contributed by atoms with Gasteiger partial charge >= 0.3 is 0 Å². The Hall–Kier alpha value is -1.46. The van der Waals surface area contributed by atoms with Gasteiger partial charge in [0.2, 0.25) is 0 Å². The third-order valence-electron chi connectivity index (χ3n) is 2.53. The summed E-state index contributed by atoms with van der Waals surface area (Å²) in [6.45, 7) is 0.366. The number of thiocarbonyl (C=S) groups is 1. The Balaban J connectivity index is 2.01. The first-order chi connectivity index (χ1) is 9.06. The molecule has 0 aliphatic carbocycles. The maximum atomic E-state index is 13.1. The maximum absolute atomic E-state index is 13.1. The van der Waals surface area contributed by atoms with Gasteiger partial charge in [0.25, 0.3) is 0 Å². The minimum Gasteiger partial charge on any atom is -0.489 e. The third kappa shape index (κ3) is 3.75. The summed E-state index contributed by atoms with van der Waals surface area (Å²) in [6, 6.07) is 12.0. The Bertz CT molecular complexity index is 601.